The summed E-state index contributed by atoms with van der Waals surface area (Å²) in [5, 5.41) is 0. The van der Waals surface area contributed by atoms with Gasteiger partial charge in [0, 0.05) is 12.0 Å². The zero-order valence-corrected chi connectivity index (χ0v) is 18.5. The molecule has 29 heavy (non-hydrogen) atoms. The highest BCUT2D eigenvalue weighted by Crippen LogP contribution is 2.43. The first kappa shape index (κ1) is 21.8. The lowest BCUT2D eigenvalue weighted by Crippen LogP contribution is -2.29. The molecule has 0 aliphatic heterocycles. The number of ketones is 1. The van der Waals surface area contributed by atoms with Crippen LogP contribution >= 0.6 is 0 Å². The molecule has 156 valence electrons. The van der Waals surface area contributed by atoms with Crippen LogP contribution in [0.2, 0.25) is 0 Å². The lowest BCUT2D eigenvalue weighted by atomic mass is 9.66. The minimum absolute atomic E-state index is 0.264. The molecule has 0 amide bonds. The Morgan fingerprint density at radius 2 is 1.34 bits per heavy atom. The summed E-state index contributed by atoms with van der Waals surface area (Å²) in [6.07, 6.45) is 14.9. The maximum absolute atomic E-state index is 12.2. The number of carbonyl (C=O) groups is 1. The number of hydrogen-bond donors (Lipinski definition) is 0. The van der Waals surface area contributed by atoms with Gasteiger partial charge in [-0.2, -0.15) is 0 Å². The van der Waals surface area contributed by atoms with E-state index in [9.17, 15) is 4.79 Å². The maximum atomic E-state index is 12.2. The Morgan fingerprint density at radius 1 is 0.759 bits per heavy atom. The van der Waals surface area contributed by atoms with Gasteiger partial charge in [-0.3, -0.25) is 4.79 Å². The van der Waals surface area contributed by atoms with Crippen molar-refractivity contribution in [3.63, 3.8) is 0 Å². The molecule has 0 spiro atoms. The van der Waals surface area contributed by atoms with E-state index in [0.29, 0.717) is 11.8 Å². The molecule has 0 unspecified atom stereocenters. The third-order valence-corrected chi connectivity index (χ3v) is 6.86. The van der Waals surface area contributed by atoms with E-state index in [1.54, 1.807) is 5.56 Å². The maximum Gasteiger partial charge on any atom is 0.162 e. The van der Waals surface area contributed by atoms with E-state index >= 15 is 0 Å². The van der Waals surface area contributed by atoms with Crippen molar-refractivity contribution >= 4 is 5.78 Å². The summed E-state index contributed by atoms with van der Waals surface area (Å²) >= 11 is 0. The highest BCUT2D eigenvalue weighted by molar-refractivity contribution is 5.96. The molecule has 3 rings (SSSR count). The van der Waals surface area contributed by atoms with E-state index in [2.05, 4.69) is 50.2 Å². The van der Waals surface area contributed by atoms with Gasteiger partial charge in [-0.1, -0.05) is 107 Å². The van der Waals surface area contributed by atoms with Crippen LogP contribution in [0.4, 0.5) is 0 Å². The number of rotatable bonds is 10. The van der Waals surface area contributed by atoms with Gasteiger partial charge < -0.3 is 0 Å². The third kappa shape index (κ3) is 5.59. The molecule has 1 fully saturated rings. The van der Waals surface area contributed by atoms with Crippen molar-refractivity contribution in [3.05, 3.63) is 59.7 Å². The van der Waals surface area contributed by atoms with Crippen LogP contribution in [0.1, 0.15) is 107 Å². The second-order valence-electron chi connectivity index (χ2n) is 8.98. The number of benzene rings is 2. The topological polar surface area (TPSA) is 17.1 Å². The van der Waals surface area contributed by atoms with Crippen LogP contribution in [0, 0.1) is 0 Å². The second kappa shape index (κ2) is 10.8. The van der Waals surface area contributed by atoms with Gasteiger partial charge in [-0.25, -0.2) is 0 Å². The van der Waals surface area contributed by atoms with E-state index in [4.69, 9.17) is 0 Å². The smallest absolute Gasteiger partial charge is 0.162 e. The number of hydrogen-bond acceptors (Lipinski definition) is 1. The SMILES string of the molecule is CCCCCC1(c2ccc(-c3ccc(C(=O)CCCC)cc3)cc2)CCCCC1. The Hall–Kier alpha value is -1.89. The molecular formula is C28H38O. The van der Waals surface area contributed by atoms with Crippen molar-refractivity contribution < 1.29 is 4.79 Å². The molecule has 1 heteroatoms. The number of Topliss-reactive ketones (excluding diaryl/α,β-unsaturated/α-hetero) is 1. The molecule has 2 aromatic carbocycles. The molecule has 0 N–H and O–H groups in total. The van der Waals surface area contributed by atoms with Gasteiger partial charge in [-0.15, -0.1) is 0 Å². The Kier molecular flexibility index (Phi) is 8.09. The molecule has 1 aliphatic carbocycles. The van der Waals surface area contributed by atoms with Crippen molar-refractivity contribution in [2.45, 2.75) is 96.3 Å². The zero-order valence-electron chi connectivity index (χ0n) is 18.5. The lowest BCUT2D eigenvalue weighted by Gasteiger charge is -2.38. The van der Waals surface area contributed by atoms with Crippen LogP contribution in [0.25, 0.3) is 11.1 Å². The molecule has 0 atom stereocenters. The monoisotopic (exact) mass is 390 g/mol. The van der Waals surface area contributed by atoms with E-state index in [1.165, 1.54) is 68.9 Å². The molecule has 0 radical (unpaired) electrons. The van der Waals surface area contributed by atoms with Gasteiger partial charge in [0.1, 0.15) is 0 Å². The van der Waals surface area contributed by atoms with Crippen molar-refractivity contribution in [2.75, 3.05) is 0 Å². The molecule has 0 aromatic heterocycles. The molecule has 0 bridgehead atoms. The molecule has 0 saturated heterocycles. The Balaban J connectivity index is 1.73. The summed E-state index contributed by atoms with van der Waals surface area (Å²) in [5.74, 6) is 0.264. The quantitative estimate of drug-likeness (QED) is 0.293. The van der Waals surface area contributed by atoms with Gasteiger partial charge >= 0.3 is 0 Å². The van der Waals surface area contributed by atoms with Crippen molar-refractivity contribution in [1.29, 1.82) is 0 Å². The third-order valence-electron chi connectivity index (χ3n) is 6.86. The summed E-state index contributed by atoms with van der Waals surface area (Å²) < 4.78 is 0. The Morgan fingerprint density at radius 3 is 1.93 bits per heavy atom. The van der Waals surface area contributed by atoms with Gasteiger partial charge in [0.25, 0.3) is 0 Å². The van der Waals surface area contributed by atoms with Gasteiger partial charge in [0.05, 0.1) is 0 Å². The molecule has 0 heterocycles. The fourth-order valence-corrected chi connectivity index (χ4v) is 4.97. The minimum Gasteiger partial charge on any atom is -0.294 e. The first-order valence-corrected chi connectivity index (χ1v) is 11.9. The molecule has 1 aliphatic rings. The number of unbranched alkanes of at least 4 members (excludes halogenated alkanes) is 3. The van der Waals surface area contributed by atoms with Crippen molar-refractivity contribution in [1.82, 2.24) is 0 Å². The summed E-state index contributed by atoms with van der Waals surface area (Å²) in [4.78, 5) is 12.2. The van der Waals surface area contributed by atoms with E-state index in [0.717, 1.165) is 18.4 Å². The van der Waals surface area contributed by atoms with E-state index in [-0.39, 0.29) is 5.78 Å². The number of carbonyl (C=O) groups excluding carboxylic acids is 1. The van der Waals surface area contributed by atoms with Gasteiger partial charge in [-0.05, 0) is 47.8 Å². The van der Waals surface area contributed by atoms with Crippen LogP contribution in [0.3, 0.4) is 0 Å². The van der Waals surface area contributed by atoms with Crippen molar-refractivity contribution in [3.8, 4) is 11.1 Å². The predicted octanol–water partition coefficient (Wildman–Crippen LogP) is 8.51. The zero-order chi connectivity index (χ0) is 20.5. The van der Waals surface area contributed by atoms with Crippen LogP contribution in [-0.2, 0) is 5.41 Å². The highest BCUT2D eigenvalue weighted by atomic mass is 16.1. The fourth-order valence-electron chi connectivity index (χ4n) is 4.97. The Bertz CT molecular complexity index is 748. The lowest BCUT2D eigenvalue weighted by molar-refractivity contribution is 0.0980. The van der Waals surface area contributed by atoms with Crippen molar-refractivity contribution in [2.24, 2.45) is 0 Å². The predicted molar refractivity (Wildman–Crippen MR) is 125 cm³/mol. The van der Waals surface area contributed by atoms with Crippen LogP contribution in [0.15, 0.2) is 48.5 Å². The Labute approximate surface area is 177 Å². The summed E-state index contributed by atoms with van der Waals surface area (Å²) in [5.41, 5.74) is 5.24. The molecular weight excluding hydrogens is 352 g/mol. The summed E-state index contributed by atoms with van der Waals surface area (Å²) in [6.45, 7) is 4.42. The standard InChI is InChI=1S/C28H38O/c1-3-5-8-20-28(21-9-7-10-22-28)26-18-16-24(17-19-26)23-12-14-25(15-13-23)27(29)11-6-4-2/h12-19H,3-11,20-22H2,1-2H3. The average molecular weight is 391 g/mol. The molecule has 1 saturated carbocycles. The second-order valence-corrected chi connectivity index (χ2v) is 8.98. The molecule has 1 nitrogen and oxygen atoms in total. The minimum atomic E-state index is 0.264. The first-order chi connectivity index (χ1) is 14.2. The molecule has 2 aromatic rings. The highest BCUT2D eigenvalue weighted by Gasteiger charge is 2.33. The van der Waals surface area contributed by atoms with Gasteiger partial charge in [0.15, 0.2) is 5.78 Å². The van der Waals surface area contributed by atoms with E-state index < -0.39 is 0 Å². The summed E-state index contributed by atoms with van der Waals surface area (Å²) in [7, 11) is 0. The first-order valence-electron chi connectivity index (χ1n) is 11.9. The van der Waals surface area contributed by atoms with Gasteiger partial charge in [0.2, 0.25) is 0 Å². The normalized spacial score (nSPS) is 15.9. The van der Waals surface area contributed by atoms with Crippen LogP contribution in [0.5, 0.6) is 0 Å². The summed E-state index contributed by atoms with van der Waals surface area (Å²) in [6, 6.07) is 17.5. The van der Waals surface area contributed by atoms with Crippen LogP contribution < -0.4 is 0 Å². The van der Waals surface area contributed by atoms with Crippen LogP contribution in [-0.4, -0.2) is 5.78 Å². The van der Waals surface area contributed by atoms with E-state index in [1.807, 2.05) is 12.1 Å². The fraction of sp³-hybridized carbons (Fsp3) is 0.536. The largest absolute Gasteiger partial charge is 0.294 e. The average Bonchev–Trinajstić information content (AvgIpc) is 2.78.